The van der Waals surface area contributed by atoms with Crippen LogP contribution in [-0.4, -0.2) is 26.4 Å². The Morgan fingerprint density at radius 3 is 2.79 bits per heavy atom. The SMILES string of the molecule is O=C(Nc1ccc(O)cc1)C1CCc2n[nH]nc2C1. The third-order valence-corrected chi connectivity index (χ3v) is 3.38. The second-order valence-electron chi connectivity index (χ2n) is 4.69. The Hall–Kier alpha value is -2.37. The van der Waals surface area contributed by atoms with Crippen molar-refractivity contribution in [2.75, 3.05) is 5.32 Å². The van der Waals surface area contributed by atoms with Crippen LogP contribution in [0.1, 0.15) is 17.8 Å². The molecule has 0 radical (unpaired) electrons. The summed E-state index contributed by atoms with van der Waals surface area (Å²) in [6, 6.07) is 6.45. The van der Waals surface area contributed by atoms with Gasteiger partial charge < -0.3 is 10.4 Å². The summed E-state index contributed by atoms with van der Waals surface area (Å²) in [6.45, 7) is 0. The van der Waals surface area contributed by atoms with Gasteiger partial charge in [-0.05, 0) is 37.1 Å². The predicted molar refractivity (Wildman–Crippen MR) is 68.6 cm³/mol. The van der Waals surface area contributed by atoms with Gasteiger partial charge in [0.15, 0.2) is 0 Å². The van der Waals surface area contributed by atoms with Crippen LogP contribution < -0.4 is 5.32 Å². The second kappa shape index (κ2) is 4.72. The summed E-state index contributed by atoms with van der Waals surface area (Å²) in [5.74, 6) is 0.0913. The fourth-order valence-electron chi connectivity index (χ4n) is 2.30. The summed E-state index contributed by atoms with van der Waals surface area (Å²) < 4.78 is 0. The van der Waals surface area contributed by atoms with Crippen molar-refractivity contribution in [2.24, 2.45) is 5.92 Å². The number of aromatic amines is 1. The van der Waals surface area contributed by atoms with Crippen molar-refractivity contribution >= 4 is 11.6 Å². The van der Waals surface area contributed by atoms with E-state index < -0.39 is 0 Å². The maximum atomic E-state index is 12.2. The lowest BCUT2D eigenvalue weighted by atomic mass is 9.89. The Morgan fingerprint density at radius 1 is 1.26 bits per heavy atom. The summed E-state index contributed by atoms with van der Waals surface area (Å²) >= 11 is 0. The van der Waals surface area contributed by atoms with Crippen molar-refractivity contribution in [3.8, 4) is 5.75 Å². The number of aromatic hydroxyl groups is 1. The number of carbonyl (C=O) groups excluding carboxylic acids is 1. The number of nitrogens with zero attached hydrogens (tertiary/aromatic N) is 2. The average molecular weight is 258 g/mol. The molecular formula is C13H14N4O2. The summed E-state index contributed by atoms with van der Waals surface area (Å²) in [5.41, 5.74) is 2.54. The van der Waals surface area contributed by atoms with Crippen LogP contribution in [0.4, 0.5) is 5.69 Å². The van der Waals surface area contributed by atoms with Gasteiger partial charge in [0.05, 0.1) is 11.4 Å². The number of fused-ring (bicyclic) bond motifs is 1. The van der Waals surface area contributed by atoms with Gasteiger partial charge >= 0.3 is 0 Å². The van der Waals surface area contributed by atoms with Gasteiger partial charge in [-0.15, -0.1) is 0 Å². The van der Waals surface area contributed by atoms with Crippen LogP contribution in [0.5, 0.6) is 5.75 Å². The highest BCUT2D eigenvalue weighted by Crippen LogP contribution is 2.24. The Balaban J connectivity index is 1.67. The molecule has 2 aromatic rings. The number of rotatable bonds is 2. The molecule has 0 saturated carbocycles. The van der Waals surface area contributed by atoms with E-state index in [4.69, 9.17) is 0 Å². The molecule has 1 atom stereocenters. The highest BCUT2D eigenvalue weighted by Gasteiger charge is 2.27. The van der Waals surface area contributed by atoms with Crippen molar-refractivity contribution < 1.29 is 9.90 Å². The van der Waals surface area contributed by atoms with Gasteiger partial charge in [-0.2, -0.15) is 15.4 Å². The number of anilines is 1. The summed E-state index contributed by atoms with van der Waals surface area (Å²) in [7, 11) is 0. The Morgan fingerprint density at radius 2 is 2.00 bits per heavy atom. The minimum absolute atomic E-state index is 0.0145. The van der Waals surface area contributed by atoms with Gasteiger partial charge in [-0.3, -0.25) is 4.79 Å². The largest absolute Gasteiger partial charge is 0.508 e. The number of hydrogen-bond acceptors (Lipinski definition) is 4. The van der Waals surface area contributed by atoms with Gasteiger partial charge in [0, 0.05) is 18.0 Å². The van der Waals surface area contributed by atoms with E-state index in [0.717, 1.165) is 24.2 Å². The molecule has 3 rings (SSSR count). The lowest BCUT2D eigenvalue weighted by Gasteiger charge is -2.19. The van der Waals surface area contributed by atoms with Crippen LogP contribution in [0, 0.1) is 5.92 Å². The molecule has 0 saturated heterocycles. The summed E-state index contributed by atoms with van der Waals surface area (Å²) in [4.78, 5) is 12.2. The van der Waals surface area contributed by atoms with E-state index in [0.29, 0.717) is 12.1 Å². The second-order valence-corrected chi connectivity index (χ2v) is 4.69. The lowest BCUT2D eigenvalue weighted by molar-refractivity contribution is -0.120. The number of benzene rings is 1. The molecule has 6 nitrogen and oxygen atoms in total. The number of phenolic OH excluding ortho intramolecular Hbond substituents is 1. The normalized spacial score (nSPS) is 17.8. The Bertz CT molecular complexity index is 591. The van der Waals surface area contributed by atoms with Gasteiger partial charge in [-0.1, -0.05) is 0 Å². The smallest absolute Gasteiger partial charge is 0.227 e. The van der Waals surface area contributed by atoms with Crippen LogP contribution in [-0.2, 0) is 17.6 Å². The van der Waals surface area contributed by atoms with Crippen LogP contribution in [0.25, 0.3) is 0 Å². The molecule has 1 aliphatic rings. The van der Waals surface area contributed by atoms with Crippen LogP contribution in [0.15, 0.2) is 24.3 Å². The highest BCUT2D eigenvalue weighted by atomic mass is 16.3. The molecule has 0 fully saturated rings. The van der Waals surface area contributed by atoms with Gasteiger partial charge in [0.25, 0.3) is 0 Å². The van der Waals surface area contributed by atoms with E-state index in [1.165, 1.54) is 0 Å². The molecule has 3 N–H and O–H groups in total. The number of phenols is 1. The fraction of sp³-hybridized carbons (Fsp3) is 0.308. The van der Waals surface area contributed by atoms with Crippen molar-refractivity contribution in [1.82, 2.24) is 15.4 Å². The number of amides is 1. The molecule has 0 spiro atoms. The zero-order valence-corrected chi connectivity index (χ0v) is 10.3. The Kier molecular flexibility index (Phi) is 2.91. The van der Waals surface area contributed by atoms with E-state index in [2.05, 4.69) is 20.7 Å². The quantitative estimate of drug-likeness (QED) is 0.707. The number of aryl methyl sites for hydroxylation is 1. The molecule has 0 bridgehead atoms. The number of carbonyl (C=O) groups is 1. The predicted octanol–water partition coefficient (Wildman–Crippen LogP) is 1.25. The molecule has 1 heterocycles. The first-order valence-electron chi connectivity index (χ1n) is 6.21. The molecule has 19 heavy (non-hydrogen) atoms. The lowest BCUT2D eigenvalue weighted by Crippen LogP contribution is -2.28. The number of nitrogens with one attached hydrogen (secondary N) is 2. The first-order chi connectivity index (χ1) is 9.22. The van der Waals surface area contributed by atoms with Gasteiger partial charge in [-0.25, -0.2) is 0 Å². The van der Waals surface area contributed by atoms with E-state index in [9.17, 15) is 9.90 Å². The third-order valence-electron chi connectivity index (χ3n) is 3.38. The van der Waals surface area contributed by atoms with Crippen LogP contribution >= 0.6 is 0 Å². The maximum Gasteiger partial charge on any atom is 0.227 e. The summed E-state index contributed by atoms with van der Waals surface area (Å²) in [6.07, 6.45) is 2.18. The van der Waals surface area contributed by atoms with Crippen LogP contribution in [0.2, 0.25) is 0 Å². The highest BCUT2D eigenvalue weighted by molar-refractivity contribution is 5.92. The Labute approximate surface area is 109 Å². The van der Waals surface area contributed by atoms with Gasteiger partial charge in [0.2, 0.25) is 5.91 Å². The zero-order valence-electron chi connectivity index (χ0n) is 10.3. The minimum Gasteiger partial charge on any atom is -0.508 e. The standard InChI is InChI=1S/C13H14N4O2/c18-10-4-2-9(3-5-10)14-13(19)8-1-6-11-12(7-8)16-17-15-11/h2-5,8,18H,1,6-7H2,(H,14,19)(H,15,16,17). The van der Waals surface area contributed by atoms with E-state index in [-0.39, 0.29) is 17.6 Å². The molecule has 0 aliphatic heterocycles. The van der Waals surface area contributed by atoms with Crippen LogP contribution in [0.3, 0.4) is 0 Å². The van der Waals surface area contributed by atoms with Gasteiger partial charge in [0.1, 0.15) is 5.75 Å². The van der Waals surface area contributed by atoms with Crippen molar-refractivity contribution in [1.29, 1.82) is 0 Å². The third kappa shape index (κ3) is 2.42. The topological polar surface area (TPSA) is 90.9 Å². The molecule has 1 aromatic carbocycles. The van der Waals surface area contributed by atoms with Crippen molar-refractivity contribution in [3.05, 3.63) is 35.7 Å². The average Bonchev–Trinajstić information content (AvgIpc) is 2.88. The molecule has 1 amide bonds. The van der Waals surface area contributed by atoms with E-state index in [1.807, 2.05) is 0 Å². The number of hydrogen-bond donors (Lipinski definition) is 3. The minimum atomic E-state index is -0.0774. The monoisotopic (exact) mass is 258 g/mol. The van der Waals surface area contributed by atoms with E-state index >= 15 is 0 Å². The summed E-state index contributed by atoms with van der Waals surface area (Å²) in [5, 5.41) is 22.8. The van der Waals surface area contributed by atoms with Crippen molar-refractivity contribution in [3.63, 3.8) is 0 Å². The molecule has 98 valence electrons. The van der Waals surface area contributed by atoms with Crippen molar-refractivity contribution in [2.45, 2.75) is 19.3 Å². The number of H-pyrrole nitrogens is 1. The molecule has 6 heteroatoms. The zero-order chi connectivity index (χ0) is 13.2. The first-order valence-corrected chi connectivity index (χ1v) is 6.21. The van der Waals surface area contributed by atoms with E-state index in [1.54, 1.807) is 24.3 Å². The molecule has 1 aromatic heterocycles. The maximum absolute atomic E-state index is 12.2. The number of aromatic nitrogens is 3. The molecular weight excluding hydrogens is 244 g/mol. The first kappa shape index (κ1) is 11.7. The fourth-order valence-corrected chi connectivity index (χ4v) is 2.30. The molecule has 1 aliphatic carbocycles. The molecule has 1 unspecified atom stereocenters.